The van der Waals surface area contributed by atoms with Gasteiger partial charge in [-0.1, -0.05) is 34.1 Å². The minimum absolute atomic E-state index is 0.986. The van der Waals surface area contributed by atoms with E-state index in [1.54, 1.807) is 0 Å². The summed E-state index contributed by atoms with van der Waals surface area (Å²) in [4.78, 5) is 7.26. The molecule has 0 aliphatic heterocycles. The van der Waals surface area contributed by atoms with Gasteiger partial charge in [-0.15, -0.1) is 4.57 Å². The lowest BCUT2D eigenvalue weighted by atomic mass is 10.2. The fraction of sp³-hybridized carbons (Fsp3) is 0.182. The van der Waals surface area contributed by atoms with Gasteiger partial charge in [-0.3, -0.25) is 0 Å². The van der Waals surface area contributed by atoms with E-state index in [0.29, 0.717) is 0 Å². The summed E-state index contributed by atoms with van der Waals surface area (Å²) in [5.41, 5.74) is 6.56. The van der Waals surface area contributed by atoms with Gasteiger partial charge >= 0.3 is 0 Å². The van der Waals surface area contributed by atoms with Crippen LogP contribution in [0.4, 0.5) is 5.69 Å². The molecule has 26 heavy (non-hydrogen) atoms. The molecular weight excluding hydrogens is 386 g/mol. The molecule has 0 N–H and O–H groups in total. The predicted molar refractivity (Wildman–Crippen MR) is 112 cm³/mol. The van der Waals surface area contributed by atoms with Gasteiger partial charge in [0.1, 0.15) is 11.0 Å². The molecule has 0 fully saturated rings. The molecule has 130 valence electrons. The zero-order chi connectivity index (χ0) is 18.1. The van der Waals surface area contributed by atoms with E-state index in [1.165, 1.54) is 5.69 Å². The quantitative estimate of drug-likeness (QED) is 0.339. The highest BCUT2D eigenvalue weighted by Gasteiger charge is 2.20. The second kappa shape index (κ2) is 7.04. The Morgan fingerprint density at radius 2 is 1.50 bits per heavy atom. The zero-order valence-corrected chi connectivity index (χ0v) is 16.6. The van der Waals surface area contributed by atoms with Gasteiger partial charge in [0.2, 0.25) is 16.7 Å². The van der Waals surface area contributed by atoms with Crippen LogP contribution in [0.1, 0.15) is 13.8 Å². The molecule has 0 amide bonds. The van der Waals surface area contributed by atoms with Crippen LogP contribution in [0.2, 0.25) is 0 Å². The fourth-order valence-corrected chi connectivity index (χ4v) is 3.80. The number of nitrogens with zero attached hydrogens (tertiary/aromatic N) is 3. The molecule has 1 aromatic heterocycles. The lowest BCUT2D eigenvalue weighted by molar-refractivity contribution is -0.538. The van der Waals surface area contributed by atoms with Crippen molar-refractivity contribution in [1.29, 1.82) is 0 Å². The first-order valence-corrected chi connectivity index (χ1v) is 9.76. The van der Waals surface area contributed by atoms with Gasteiger partial charge < -0.3 is 4.90 Å². The average molecular weight is 407 g/mol. The van der Waals surface area contributed by atoms with Crippen LogP contribution in [0.25, 0.3) is 27.8 Å². The molecule has 0 saturated heterocycles. The second-order valence-corrected chi connectivity index (χ2v) is 7.18. The van der Waals surface area contributed by atoms with Gasteiger partial charge in [-0.25, -0.2) is 4.98 Å². The first kappa shape index (κ1) is 17.0. The molecule has 4 heteroatoms. The van der Waals surface area contributed by atoms with Crippen LogP contribution in [-0.2, 0) is 0 Å². The topological polar surface area (TPSA) is 20.0 Å². The van der Waals surface area contributed by atoms with Crippen LogP contribution in [0.3, 0.4) is 0 Å². The monoisotopic (exact) mass is 406 g/mol. The highest BCUT2D eigenvalue weighted by molar-refractivity contribution is 9.10. The van der Waals surface area contributed by atoms with Crippen molar-refractivity contribution in [3.63, 3.8) is 0 Å². The maximum Gasteiger partial charge on any atom is 0.239 e. The highest BCUT2D eigenvalue weighted by atomic mass is 79.9. The molecule has 0 unspecified atom stereocenters. The van der Waals surface area contributed by atoms with Crippen molar-refractivity contribution in [2.24, 2.45) is 0 Å². The van der Waals surface area contributed by atoms with Crippen LogP contribution >= 0.6 is 15.9 Å². The molecule has 0 bridgehead atoms. The summed E-state index contributed by atoms with van der Waals surface area (Å²) in [6.45, 7) is 6.35. The SMILES string of the molecule is CCN(CC)c1ccc2nc3ccc(Br)cc3[n+](-c3ccccc3)c2c1. The first-order valence-electron chi connectivity index (χ1n) is 8.96. The molecule has 0 spiro atoms. The predicted octanol–water partition coefficient (Wildman–Crippen LogP) is 5.27. The summed E-state index contributed by atoms with van der Waals surface area (Å²) < 4.78 is 3.35. The minimum atomic E-state index is 0.986. The van der Waals surface area contributed by atoms with E-state index in [2.05, 4.69) is 93.8 Å². The van der Waals surface area contributed by atoms with Crippen LogP contribution in [0.5, 0.6) is 0 Å². The second-order valence-electron chi connectivity index (χ2n) is 6.26. The van der Waals surface area contributed by atoms with Gasteiger partial charge in [0.05, 0.1) is 0 Å². The van der Waals surface area contributed by atoms with E-state index in [9.17, 15) is 0 Å². The van der Waals surface area contributed by atoms with Gasteiger partial charge in [0.25, 0.3) is 0 Å². The third kappa shape index (κ3) is 2.95. The van der Waals surface area contributed by atoms with E-state index in [1.807, 2.05) is 12.1 Å². The van der Waals surface area contributed by atoms with Crippen molar-refractivity contribution in [2.45, 2.75) is 13.8 Å². The summed E-state index contributed by atoms with van der Waals surface area (Å²) in [6.07, 6.45) is 0. The van der Waals surface area contributed by atoms with Gasteiger partial charge in [0, 0.05) is 47.5 Å². The fourth-order valence-electron chi connectivity index (χ4n) is 3.46. The van der Waals surface area contributed by atoms with E-state index >= 15 is 0 Å². The summed E-state index contributed by atoms with van der Waals surface area (Å²) in [7, 11) is 0. The molecule has 4 aromatic rings. The van der Waals surface area contributed by atoms with Crippen molar-refractivity contribution in [2.75, 3.05) is 18.0 Å². The number of fused-ring (bicyclic) bond motifs is 2. The van der Waals surface area contributed by atoms with Crippen LogP contribution in [0, 0.1) is 0 Å². The highest BCUT2D eigenvalue weighted by Crippen LogP contribution is 2.24. The largest absolute Gasteiger partial charge is 0.372 e. The molecule has 0 atom stereocenters. The third-order valence-electron chi connectivity index (χ3n) is 4.76. The molecule has 1 heterocycles. The van der Waals surface area contributed by atoms with Gasteiger partial charge in [-0.05, 0) is 38.1 Å². The first-order chi connectivity index (χ1) is 12.7. The van der Waals surface area contributed by atoms with E-state index < -0.39 is 0 Å². The third-order valence-corrected chi connectivity index (χ3v) is 5.26. The Morgan fingerprint density at radius 3 is 2.19 bits per heavy atom. The number of hydrogen-bond acceptors (Lipinski definition) is 2. The van der Waals surface area contributed by atoms with E-state index in [-0.39, 0.29) is 0 Å². The molecule has 0 radical (unpaired) electrons. The number of aromatic nitrogens is 2. The summed E-state index contributed by atoms with van der Waals surface area (Å²) in [5, 5.41) is 0. The maximum atomic E-state index is 4.90. The number of anilines is 1. The molecule has 4 rings (SSSR count). The maximum absolute atomic E-state index is 4.90. The van der Waals surface area contributed by atoms with Gasteiger partial charge in [0.15, 0.2) is 0 Å². The van der Waals surface area contributed by atoms with Crippen molar-refractivity contribution < 1.29 is 4.57 Å². The summed E-state index contributed by atoms with van der Waals surface area (Å²) in [5.74, 6) is 0. The van der Waals surface area contributed by atoms with Crippen molar-refractivity contribution in [3.8, 4) is 5.69 Å². The molecule has 3 nitrogen and oxygen atoms in total. The zero-order valence-electron chi connectivity index (χ0n) is 15.0. The lowest BCUT2D eigenvalue weighted by Gasteiger charge is -2.20. The Labute approximate surface area is 162 Å². The number of halogens is 1. The Balaban J connectivity index is 2.11. The van der Waals surface area contributed by atoms with Crippen molar-refractivity contribution >= 4 is 43.7 Å². The Bertz CT molecular complexity index is 1070. The smallest absolute Gasteiger partial charge is 0.239 e. The molecule has 0 aliphatic carbocycles. The van der Waals surface area contributed by atoms with Crippen LogP contribution in [0.15, 0.2) is 71.2 Å². The number of hydrogen-bond donors (Lipinski definition) is 0. The van der Waals surface area contributed by atoms with Crippen LogP contribution in [-0.4, -0.2) is 18.1 Å². The average Bonchev–Trinajstić information content (AvgIpc) is 2.68. The number of benzene rings is 3. The molecule has 0 aliphatic rings. The molecular formula is C22H21BrN3+. The summed E-state index contributed by atoms with van der Waals surface area (Å²) >= 11 is 3.61. The van der Waals surface area contributed by atoms with E-state index in [4.69, 9.17) is 4.98 Å². The number of para-hydroxylation sites is 1. The van der Waals surface area contributed by atoms with Crippen LogP contribution < -0.4 is 9.47 Å². The lowest BCUT2D eigenvalue weighted by Crippen LogP contribution is -2.33. The Kier molecular flexibility index (Phi) is 4.60. The van der Waals surface area contributed by atoms with Gasteiger partial charge in [-0.2, -0.15) is 0 Å². The molecule has 3 aromatic carbocycles. The standard InChI is InChI=1S/C22H21BrN3/c1-3-25(4-2)18-11-13-20-22(15-18)26(17-8-6-5-7-9-17)21-14-16(23)10-12-19(21)24-20/h5-15H,3-4H2,1-2H3/q+1. The summed E-state index contributed by atoms with van der Waals surface area (Å²) in [6, 6.07) is 23.3. The number of rotatable bonds is 4. The minimum Gasteiger partial charge on any atom is -0.372 e. The molecule has 0 saturated carbocycles. The van der Waals surface area contributed by atoms with E-state index in [0.717, 1.165) is 45.3 Å². The normalized spacial score (nSPS) is 11.2. The Morgan fingerprint density at radius 1 is 0.846 bits per heavy atom. The van der Waals surface area contributed by atoms with Crippen molar-refractivity contribution in [3.05, 3.63) is 71.2 Å². The van der Waals surface area contributed by atoms with Crippen molar-refractivity contribution in [1.82, 2.24) is 4.98 Å². The Hall–Kier alpha value is -2.46.